The fourth-order valence-electron chi connectivity index (χ4n) is 3.23. The van der Waals surface area contributed by atoms with Crippen LogP contribution in [-0.2, 0) is 16.1 Å². The normalized spacial score (nSPS) is 17.0. The number of likely N-dealkylation sites (N-methyl/N-ethyl adjacent to an activating group) is 1. The average molecular weight is 337 g/mol. The van der Waals surface area contributed by atoms with Gasteiger partial charge in [0.15, 0.2) is 0 Å². The molecule has 2 aromatic carbocycles. The Morgan fingerprint density at radius 3 is 2.60 bits per heavy atom. The summed E-state index contributed by atoms with van der Waals surface area (Å²) in [6, 6.07) is 17.4. The molecule has 0 aromatic heterocycles. The van der Waals surface area contributed by atoms with Gasteiger partial charge in [-0.25, -0.2) is 0 Å². The Kier molecular flexibility index (Phi) is 5.14. The lowest BCUT2D eigenvalue weighted by Crippen LogP contribution is -2.44. The first-order valence-corrected chi connectivity index (χ1v) is 8.48. The Labute approximate surface area is 148 Å². The van der Waals surface area contributed by atoms with Crippen LogP contribution in [0.5, 0.6) is 0 Å². The highest BCUT2D eigenvalue weighted by atomic mass is 16.2. The minimum Gasteiger partial charge on any atom is -0.324 e. The molecule has 1 N–H and O–H groups in total. The molecule has 0 saturated heterocycles. The molecule has 25 heavy (non-hydrogen) atoms. The van der Waals surface area contributed by atoms with Gasteiger partial charge in [0.1, 0.15) is 0 Å². The van der Waals surface area contributed by atoms with E-state index in [-0.39, 0.29) is 17.9 Å². The highest BCUT2D eigenvalue weighted by Crippen LogP contribution is 2.31. The third-order valence-electron chi connectivity index (χ3n) is 4.33. The van der Waals surface area contributed by atoms with Gasteiger partial charge in [0.25, 0.3) is 0 Å². The molecule has 5 nitrogen and oxygen atoms in total. The molecular weight excluding hydrogens is 314 g/mol. The second-order valence-electron chi connectivity index (χ2n) is 6.54. The van der Waals surface area contributed by atoms with Gasteiger partial charge in [-0.15, -0.1) is 0 Å². The summed E-state index contributed by atoms with van der Waals surface area (Å²) in [7, 11) is 1.93. The lowest BCUT2D eigenvalue weighted by Gasteiger charge is -2.29. The maximum atomic E-state index is 13.0. The van der Waals surface area contributed by atoms with Crippen molar-refractivity contribution in [1.29, 1.82) is 0 Å². The minimum atomic E-state index is -0.179. The Hall–Kier alpha value is -2.66. The van der Waals surface area contributed by atoms with Crippen LogP contribution in [0.15, 0.2) is 54.6 Å². The fraction of sp³-hybridized carbons (Fsp3) is 0.300. The highest BCUT2D eigenvalue weighted by Gasteiger charge is 2.29. The van der Waals surface area contributed by atoms with Crippen LogP contribution in [0.25, 0.3) is 0 Å². The molecule has 0 bridgehead atoms. The van der Waals surface area contributed by atoms with E-state index >= 15 is 0 Å². The molecule has 3 rings (SSSR count). The molecule has 1 heterocycles. The van der Waals surface area contributed by atoms with Crippen molar-refractivity contribution in [1.82, 2.24) is 4.90 Å². The summed E-state index contributed by atoms with van der Waals surface area (Å²) in [6.45, 7) is 2.91. The maximum absolute atomic E-state index is 13.0. The van der Waals surface area contributed by atoms with Crippen LogP contribution in [0.1, 0.15) is 18.9 Å². The van der Waals surface area contributed by atoms with E-state index in [0.717, 1.165) is 5.69 Å². The molecule has 5 heteroatoms. The molecular formula is C20H23N3O2. The number of fused-ring (bicyclic) bond motifs is 1. The van der Waals surface area contributed by atoms with Crippen molar-refractivity contribution in [3.63, 3.8) is 0 Å². The molecule has 0 radical (unpaired) electrons. The second-order valence-corrected chi connectivity index (χ2v) is 6.54. The molecule has 130 valence electrons. The third kappa shape index (κ3) is 4.06. The van der Waals surface area contributed by atoms with Crippen LogP contribution in [0.3, 0.4) is 0 Å². The van der Waals surface area contributed by atoms with Crippen molar-refractivity contribution in [2.24, 2.45) is 0 Å². The highest BCUT2D eigenvalue weighted by molar-refractivity contribution is 6.04. The van der Waals surface area contributed by atoms with E-state index in [0.29, 0.717) is 25.2 Å². The van der Waals surface area contributed by atoms with E-state index in [1.54, 1.807) is 4.90 Å². The number of amides is 2. The molecule has 1 aliphatic rings. The van der Waals surface area contributed by atoms with Crippen molar-refractivity contribution in [2.75, 3.05) is 23.8 Å². The van der Waals surface area contributed by atoms with Crippen LogP contribution in [0.2, 0.25) is 0 Å². The van der Waals surface area contributed by atoms with Crippen LogP contribution in [-0.4, -0.2) is 36.3 Å². The first-order chi connectivity index (χ1) is 12.0. The summed E-state index contributed by atoms with van der Waals surface area (Å²) in [4.78, 5) is 28.7. The largest absolute Gasteiger partial charge is 0.324 e. The van der Waals surface area contributed by atoms with E-state index in [9.17, 15) is 9.59 Å². The predicted molar refractivity (Wildman–Crippen MR) is 99.4 cm³/mol. The van der Waals surface area contributed by atoms with Crippen LogP contribution >= 0.6 is 0 Å². The number of benzene rings is 2. The van der Waals surface area contributed by atoms with Crippen molar-refractivity contribution < 1.29 is 9.59 Å². The Morgan fingerprint density at radius 1 is 1.16 bits per heavy atom. The molecule has 0 saturated carbocycles. The predicted octanol–water partition coefficient (Wildman–Crippen LogP) is 2.88. The Bertz CT molecular complexity index is 761. The van der Waals surface area contributed by atoms with Gasteiger partial charge in [0.2, 0.25) is 11.8 Å². The lowest BCUT2D eigenvalue weighted by molar-refractivity contribution is -0.120. The zero-order valence-corrected chi connectivity index (χ0v) is 14.6. The van der Waals surface area contributed by atoms with Gasteiger partial charge in [-0.05, 0) is 31.7 Å². The zero-order valence-electron chi connectivity index (χ0n) is 14.6. The van der Waals surface area contributed by atoms with E-state index in [2.05, 4.69) is 5.32 Å². The minimum absolute atomic E-state index is 0.00474. The first kappa shape index (κ1) is 17.2. The van der Waals surface area contributed by atoms with Gasteiger partial charge in [0, 0.05) is 19.0 Å². The summed E-state index contributed by atoms with van der Waals surface area (Å²) >= 11 is 0. The van der Waals surface area contributed by atoms with Crippen LogP contribution in [0.4, 0.5) is 11.4 Å². The SMILES string of the molecule is CC1CC(=O)Nc2ccccc2N1C(=O)CN(C)Cc1ccccc1. The van der Waals surface area contributed by atoms with E-state index < -0.39 is 0 Å². The summed E-state index contributed by atoms with van der Waals surface area (Å²) in [5.74, 6) is -0.0669. The molecule has 2 aromatic rings. The number of hydrogen-bond donors (Lipinski definition) is 1. The quantitative estimate of drug-likeness (QED) is 0.933. The van der Waals surface area contributed by atoms with Crippen molar-refractivity contribution in [3.8, 4) is 0 Å². The molecule has 1 unspecified atom stereocenters. The summed E-state index contributed by atoms with van der Waals surface area (Å²) < 4.78 is 0. The number of para-hydroxylation sites is 2. The fourth-order valence-corrected chi connectivity index (χ4v) is 3.23. The molecule has 0 aliphatic carbocycles. The van der Waals surface area contributed by atoms with Gasteiger partial charge >= 0.3 is 0 Å². The summed E-state index contributed by atoms with van der Waals surface area (Å²) in [6.07, 6.45) is 0.294. The standard InChI is InChI=1S/C20H23N3O2/c1-15-12-19(24)21-17-10-6-7-11-18(17)23(15)20(25)14-22(2)13-16-8-4-3-5-9-16/h3-11,15H,12-14H2,1-2H3,(H,21,24). The van der Waals surface area contributed by atoms with Gasteiger partial charge < -0.3 is 10.2 Å². The monoisotopic (exact) mass is 337 g/mol. The van der Waals surface area contributed by atoms with Crippen LogP contribution in [0, 0.1) is 0 Å². The summed E-state index contributed by atoms with van der Waals surface area (Å²) in [5.41, 5.74) is 2.62. The van der Waals surface area contributed by atoms with Gasteiger partial charge in [0.05, 0.1) is 17.9 Å². The third-order valence-corrected chi connectivity index (χ3v) is 4.33. The number of nitrogens with zero attached hydrogens (tertiary/aromatic N) is 2. The topological polar surface area (TPSA) is 52.7 Å². The number of rotatable bonds is 4. The maximum Gasteiger partial charge on any atom is 0.241 e. The number of hydrogen-bond acceptors (Lipinski definition) is 3. The van der Waals surface area contributed by atoms with Crippen molar-refractivity contribution in [3.05, 3.63) is 60.2 Å². The lowest BCUT2D eigenvalue weighted by atomic mass is 10.1. The van der Waals surface area contributed by atoms with Gasteiger partial charge in [-0.2, -0.15) is 0 Å². The molecule has 2 amide bonds. The number of nitrogens with one attached hydrogen (secondary N) is 1. The molecule has 0 fully saturated rings. The smallest absolute Gasteiger partial charge is 0.241 e. The van der Waals surface area contributed by atoms with Crippen molar-refractivity contribution >= 4 is 23.2 Å². The van der Waals surface area contributed by atoms with E-state index in [1.807, 2.05) is 73.5 Å². The molecule has 1 atom stereocenters. The Morgan fingerprint density at radius 2 is 1.84 bits per heavy atom. The number of carbonyl (C=O) groups is 2. The van der Waals surface area contributed by atoms with E-state index in [4.69, 9.17) is 0 Å². The second kappa shape index (κ2) is 7.49. The average Bonchev–Trinajstić information content (AvgIpc) is 2.69. The van der Waals surface area contributed by atoms with Crippen molar-refractivity contribution in [2.45, 2.75) is 25.9 Å². The van der Waals surface area contributed by atoms with E-state index in [1.165, 1.54) is 5.56 Å². The van der Waals surface area contributed by atoms with Gasteiger partial charge in [-0.1, -0.05) is 42.5 Å². The Balaban J connectivity index is 1.77. The zero-order chi connectivity index (χ0) is 17.8. The van der Waals surface area contributed by atoms with Gasteiger partial charge in [-0.3, -0.25) is 14.5 Å². The van der Waals surface area contributed by atoms with Crippen LogP contribution < -0.4 is 10.2 Å². The number of carbonyl (C=O) groups excluding carboxylic acids is 2. The number of anilines is 2. The molecule has 0 spiro atoms. The first-order valence-electron chi connectivity index (χ1n) is 8.48. The summed E-state index contributed by atoms with van der Waals surface area (Å²) in [5, 5.41) is 2.88. The molecule has 1 aliphatic heterocycles.